The Bertz CT molecular complexity index is 698. The van der Waals surface area contributed by atoms with Crippen molar-refractivity contribution in [2.75, 3.05) is 13.1 Å². The number of thiazole rings is 1. The van der Waals surface area contributed by atoms with Crippen LogP contribution in [0.4, 0.5) is 4.39 Å². The molecule has 122 valence electrons. The lowest BCUT2D eigenvalue weighted by Gasteiger charge is -2.07. The van der Waals surface area contributed by atoms with E-state index in [1.165, 1.54) is 35.6 Å². The van der Waals surface area contributed by atoms with Crippen LogP contribution in [0.25, 0.3) is 0 Å². The van der Waals surface area contributed by atoms with E-state index in [-0.39, 0.29) is 17.6 Å². The average Bonchev–Trinajstić information content (AvgIpc) is 2.82. The number of hydrogen-bond donors (Lipinski definition) is 2. The molecule has 0 fully saturated rings. The third-order valence-electron chi connectivity index (χ3n) is 3.16. The van der Waals surface area contributed by atoms with Gasteiger partial charge in [0.1, 0.15) is 5.82 Å². The first-order valence-corrected chi connectivity index (χ1v) is 8.00. The predicted molar refractivity (Wildman–Crippen MR) is 87.0 cm³/mol. The number of aryl methyl sites for hydroxylation is 2. The fourth-order valence-electron chi connectivity index (χ4n) is 2.03. The third kappa shape index (κ3) is 5.14. The maximum Gasteiger partial charge on any atom is 0.251 e. The molecule has 0 bridgehead atoms. The van der Waals surface area contributed by atoms with Crippen LogP contribution in [0.15, 0.2) is 24.3 Å². The molecule has 23 heavy (non-hydrogen) atoms. The van der Waals surface area contributed by atoms with Gasteiger partial charge in [0, 0.05) is 23.5 Å². The molecule has 1 heterocycles. The van der Waals surface area contributed by atoms with E-state index in [0.717, 1.165) is 15.6 Å². The van der Waals surface area contributed by atoms with Gasteiger partial charge in [0.2, 0.25) is 5.91 Å². The highest BCUT2D eigenvalue weighted by molar-refractivity contribution is 7.11. The van der Waals surface area contributed by atoms with E-state index in [1.807, 2.05) is 13.8 Å². The summed E-state index contributed by atoms with van der Waals surface area (Å²) in [5, 5.41) is 6.36. The average molecular weight is 335 g/mol. The molecule has 7 heteroatoms. The van der Waals surface area contributed by atoms with Gasteiger partial charge in [0.15, 0.2) is 0 Å². The number of nitrogens with zero attached hydrogens (tertiary/aromatic N) is 1. The maximum atomic E-state index is 12.8. The zero-order valence-corrected chi connectivity index (χ0v) is 13.8. The normalized spacial score (nSPS) is 10.4. The van der Waals surface area contributed by atoms with Gasteiger partial charge in [-0.05, 0) is 38.1 Å². The lowest BCUT2D eigenvalue weighted by atomic mass is 10.2. The number of aromatic nitrogens is 1. The first kappa shape index (κ1) is 17.1. The van der Waals surface area contributed by atoms with Crippen LogP contribution >= 0.6 is 11.3 Å². The Balaban J connectivity index is 1.70. The number of rotatable bonds is 6. The van der Waals surface area contributed by atoms with Crippen LogP contribution in [0.1, 0.15) is 25.9 Å². The van der Waals surface area contributed by atoms with Gasteiger partial charge >= 0.3 is 0 Å². The van der Waals surface area contributed by atoms with Crippen molar-refractivity contribution < 1.29 is 14.0 Å². The zero-order valence-electron chi connectivity index (χ0n) is 13.0. The van der Waals surface area contributed by atoms with Crippen molar-refractivity contribution in [1.82, 2.24) is 15.6 Å². The summed E-state index contributed by atoms with van der Waals surface area (Å²) in [6, 6.07) is 5.29. The molecule has 0 spiro atoms. The summed E-state index contributed by atoms with van der Waals surface area (Å²) in [4.78, 5) is 28.9. The van der Waals surface area contributed by atoms with Crippen LogP contribution in [-0.2, 0) is 11.2 Å². The largest absolute Gasteiger partial charge is 0.354 e. The van der Waals surface area contributed by atoms with Crippen molar-refractivity contribution in [1.29, 1.82) is 0 Å². The molecule has 1 aromatic carbocycles. The van der Waals surface area contributed by atoms with Crippen molar-refractivity contribution in [3.05, 3.63) is 51.2 Å². The topological polar surface area (TPSA) is 71.1 Å². The van der Waals surface area contributed by atoms with Crippen molar-refractivity contribution in [2.45, 2.75) is 20.3 Å². The molecule has 5 nitrogen and oxygen atoms in total. The van der Waals surface area contributed by atoms with Crippen LogP contribution in [0, 0.1) is 19.7 Å². The molecule has 0 aliphatic rings. The first-order valence-electron chi connectivity index (χ1n) is 7.19. The molecule has 0 saturated heterocycles. The Morgan fingerprint density at radius 2 is 1.78 bits per heavy atom. The quantitative estimate of drug-likeness (QED) is 0.793. The fourth-order valence-corrected chi connectivity index (χ4v) is 2.96. The Morgan fingerprint density at radius 3 is 2.39 bits per heavy atom. The Labute approximate surface area is 137 Å². The van der Waals surface area contributed by atoms with Crippen LogP contribution in [0.5, 0.6) is 0 Å². The summed E-state index contributed by atoms with van der Waals surface area (Å²) in [6.45, 7) is 4.43. The molecule has 0 saturated carbocycles. The van der Waals surface area contributed by atoms with Crippen LogP contribution < -0.4 is 10.6 Å². The smallest absolute Gasteiger partial charge is 0.251 e. The Kier molecular flexibility index (Phi) is 5.81. The van der Waals surface area contributed by atoms with Gasteiger partial charge in [-0.3, -0.25) is 9.59 Å². The number of nitrogens with one attached hydrogen (secondary N) is 2. The summed E-state index contributed by atoms with van der Waals surface area (Å²) in [5.41, 5.74) is 1.26. The van der Waals surface area contributed by atoms with Gasteiger partial charge in [-0.1, -0.05) is 0 Å². The maximum absolute atomic E-state index is 12.8. The van der Waals surface area contributed by atoms with Crippen molar-refractivity contribution in [3.8, 4) is 0 Å². The van der Waals surface area contributed by atoms with E-state index in [9.17, 15) is 14.0 Å². The fraction of sp³-hybridized carbons (Fsp3) is 0.312. The lowest BCUT2D eigenvalue weighted by Crippen LogP contribution is -2.35. The zero-order chi connectivity index (χ0) is 16.8. The van der Waals surface area contributed by atoms with Gasteiger partial charge in [-0.25, -0.2) is 9.37 Å². The van der Waals surface area contributed by atoms with E-state index in [2.05, 4.69) is 15.6 Å². The van der Waals surface area contributed by atoms with Crippen molar-refractivity contribution >= 4 is 23.2 Å². The monoisotopic (exact) mass is 335 g/mol. The third-order valence-corrected chi connectivity index (χ3v) is 4.23. The van der Waals surface area contributed by atoms with E-state index < -0.39 is 0 Å². The number of benzene rings is 1. The second kappa shape index (κ2) is 7.82. The summed E-state index contributed by atoms with van der Waals surface area (Å²) in [5.74, 6) is -0.789. The highest BCUT2D eigenvalue weighted by Gasteiger charge is 2.10. The van der Waals surface area contributed by atoms with Crippen molar-refractivity contribution in [2.24, 2.45) is 0 Å². The van der Waals surface area contributed by atoms with Crippen LogP contribution in [0.2, 0.25) is 0 Å². The number of hydrogen-bond acceptors (Lipinski definition) is 4. The molecular formula is C16H18FN3O2S. The summed E-state index contributed by atoms with van der Waals surface area (Å²) >= 11 is 1.51. The van der Waals surface area contributed by atoms with Gasteiger partial charge in [0.25, 0.3) is 5.91 Å². The molecule has 0 unspecified atom stereocenters. The minimum Gasteiger partial charge on any atom is -0.354 e. The number of carbonyl (C=O) groups excluding carboxylic acids is 2. The van der Waals surface area contributed by atoms with Crippen molar-refractivity contribution in [3.63, 3.8) is 0 Å². The van der Waals surface area contributed by atoms with Gasteiger partial charge in [-0.2, -0.15) is 0 Å². The Hall–Kier alpha value is -2.28. The Morgan fingerprint density at radius 1 is 1.13 bits per heavy atom. The molecule has 2 rings (SSSR count). The van der Waals surface area contributed by atoms with Crippen LogP contribution in [0.3, 0.4) is 0 Å². The van der Waals surface area contributed by atoms with E-state index >= 15 is 0 Å². The molecule has 0 aliphatic carbocycles. The molecule has 0 radical (unpaired) electrons. The first-order chi connectivity index (χ1) is 11.0. The second-order valence-electron chi connectivity index (χ2n) is 5.03. The number of halogens is 1. The number of amides is 2. The minimum absolute atomic E-state index is 0.104. The van der Waals surface area contributed by atoms with E-state index in [4.69, 9.17) is 0 Å². The molecule has 0 atom stereocenters. The lowest BCUT2D eigenvalue weighted by molar-refractivity contribution is -0.120. The molecular weight excluding hydrogens is 317 g/mol. The molecule has 0 aliphatic heterocycles. The molecule has 2 amide bonds. The minimum atomic E-state index is -0.387. The molecule has 1 aromatic heterocycles. The standard InChI is InChI=1S/C16H18FN3O2S/c1-10-14(23-11(2)20-10)9-15(21)18-7-8-19-16(22)12-3-5-13(17)6-4-12/h3-6H,7-9H2,1-2H3,(H,18,21)(H,19,22). The molecule has 2 aromatic rings. The van der Waals surface area contributed by atoms with Crippen LogP contribution in [-0.4, -0.2) is 29.9 Å². The van der Waals surface area contributed by atoms with E-state index in [0.29, 0.717) is 25.1 Å². The van der Waals surface area contributed by atoms with Gasteiger partial charge in [0.05, 0.1) is 17.1 Å². The molecule has 2 N–H and O–H groups in total. The number of carbonyl (C=O) groups is 2. The highest BCUT2D eigenvalue weighted by atomic mass is 32.1. The second-order valence-corrected chi connectivity index (χ2v) is 6.32. The van der Waals surface area contributed by atoms with E-state index in [1.54, 1.807) is 0 Å². The van der Waals surface area contributed by atoms with Gasteiger partial charge in [-0.15, -0.1) is 11.3 Å². The summed E-state index contributed by atoms with van der Waals surface area (Å²) in [7, 11) is 0. The summed E-state index contributed by atoms with van der Waals surface area (Å²) < 4.78 is 12.8. The summed E-state index contributed by atoms with van der Waals surface area (Å²) in [6.07, 6.45) is 0.295. The SMILES string of the molecule is Cc1nc(C)c(CC(=O)NCCNC(=O)c2ccc(F)cc2)s1. The highest BCUT2D eigenvalue weighted by Crippen LogP contribution is 2.17. The predicted octanol–water partition coefficient (Wildman–Crippen LogP) is 1.99. The van der Waals surface area contributed by atoms with Gasteiger partial charge < -0.3 is 10.6 Å².